The van der Waals surface area contributed by atoms with Gasteiger partial charge in [-0.05, 0) is 76.7 Å². The van der Waals surface area contributed by atoms with Gasteiger partial charge in [-0.3, -0.25) is 14.2 Å². The Balaban J connectivity index is 5.46. The fourth-order valence-electron chi connectivity index (χ4n) is 7.10. The molecule has 3 unspecified atom stereocenters. The van der Waals surface area contributed by atoms with E-state index in [9.17, 15) is 19.0 Å². The first-order valence-electron chi connectivity index (χ1n) is 26.3. The van der Waals surface area contributed by atoms with E-state index in [4.69, 9.17) is 13.8 Å². The van der Waals surface area contributed by atoms with Crippen LogP contribution in [-0.2, 0) is 27.9 Å². The first kappa shape index (κ1) is 62.4. The number of quaternary nitrogens is 1. The molecule has 1 amide bonds. The van der Waals surface area contributed by atoms with Crippen molar-refractivity contribution in [2.24, 2.45) is 0 Å². The molecule has 65 heavy (non-hydrogen) atoms. The second-order valence-corrected chi connectivity index (χ2v) is 20.1. The summed E-state index contributed by atoms with van der Waals surface area (Å²) in [6, 6.07) is -0.904. The molecular formula is C55H99N2O7P. The number of hydrogen-bond donors (Lipinski definition) is 1. The molecule has 1 N–H and O–H groups in total. The number of rotatable bonds is 46. The van der Waals surface area contributed by atoms with E-state index >= 15 is 0 Å². The van der Waals surface area contributed by atoms with Crippen LogP contribution in [0.4, 0.5) is 0 Å². The minimum absolute atomic E-state index is 0.0315. The lowest BCUT2D eigenvalue weighted by atomic mass is 10.1. The predicted octanol–water partition coefficient (Wildman–Crippen LogP) is 14.7. The maximum Gasteiger partial charge on any atom is 0.306 e. The van der Waals surface area contributed by atoms with Crippen LogP contribution in [0.1, 0.15) is 213 Å². The first-order chi connectivity index (χ1) is 31.4. The third kappa shape index (κ3) is 46.4. The van der Waals surface area contributed by atoms with Gasteiger partial charge < -0.3 is 28.5 Å². The number of unbranched alkanes of at least 4 members (excludes halogenated alkanes) is 23. The third-order valence-corrected chi connectivity index (χ3v) is 12.2. The maximum atomic E-state index is 13.4. The number of ether oxygens (including phenoxy) is 1. The second kappa shape index (κ2) is 45.2. The monoisotopic (exact) mass is 931 g/mol. The summed E-state index contributed by atoms with van der Waals surface area (Å²) in [4.78, 5) is 39.7. The Hall–Kier alpha value is -2.55. The highest BCUT2D eigenvalue weighted by molar-refractivity contribution is 7.45. The molecule has 0 bridgehead atoms. The summed E-state index contributed by atoms with van der Waals surface area (Å²) >= 11 is 0. The van der Waals surface area contributed by atoms with E-state index in [1.165, 1.54) is 64.2 Å². The molecule has 0 aromatic carbocycles. The number of carbonyl (C=O) groups excluding carboxylic acids is 2. The van der Waals surface area contributed by atoms with Crippen molar-refractivity contribution >= 4 is 19.7 Å². The van der Waals surface area contributed by atoms with Gasteiger partial charge in [0.1, 0.15) is 19.3 Å². The molecule has 0 aliphatic rings. The van der Waals surface area contributed by atoms with Crippen molar-refractivity contribution in [2.45, 2.75) is 226 Å². The second-order valence-electron chi connectivity index (χ2n) is 18.7. The lowest BCUT2D eigenvalue weighted by Gasteiger charge is -2.30. The van der Waals surface area contributed by atoms with Gasteiger partial charge in [-0.1, -0.05) is 197 Å². The van der Waals surface area contributed by atoms with Crippen molar-refractivity contribution < 1.29 is 37.3 Å². The fraction of sp³-hybridized carbons (Fsp3) is 0.745. The van der Waals surface area contributed by atoms with Gasteiger partial charge in [-0.15, -0.1) is 0 Å². The highest BCUT2D eigenvalue weighted by atomic mass is 31.2. The summed E-state index contributed by atoms with van der Waals surface area (Å²) in [6.07, 6.45) is 55.8. The highest BCUT2D eigenvalue weighted by Crippen LogP contribution is 2.38. The quantitative estimate of drug-likeness (QED) is 0.0161. The van der Waals surface area contributed by atoms with E-state index in [-0.39, 0.29) is 31.3 Å². The van der Waals surface area contributed by atoms with Crippen molar-refractivity contribution in [1.29, 1.82) is 0 Å². The van der Waals surface area contributed by atoms with Gasteiger partial charge in [0.25, 0.3) is 7.82 Å². The van der Waals surface area contributed by atoms with Gasteiger partial charge in [-0.25, -0.2) is 0 Å². The van der Waals surface area contributed by atoms with E-state index in [0.29, 0.717) is 23.9 Å². The van der Waals surface area contributed by atoms with Crippen molar-refractivity contribution in [1.82, 2.24) is 5.32 Å². The summed E-state index contributed by atoms with van der Waals surface area (Å²) in [5.41, 5.74) is 0. The molecule has 0 aromatic rings. The zero-order chi connectivity index (χ0) is 48.0. The predicted molar refractivity (Wildman–Crippen MR) is 275 cm³/mol. The van der Waals surface area contributed by atoms with E-state index in [2.05, 4.69) is 80.8 Å². The summed E-state index contributed by atoms with van der Waals surface area (Å²) in [5.74, 6) is -0.585. The standard InChI is InChI=1S/C55H99N2O7P/c1-7-10-13-16-19-22-25-27-28-30-33-36-39-42-45-48-55(59)64-53(46-43-40-37-34-31-24-21-18-15-12-9-3)52(51-63-65(60,61)62-50-49-57(4,5)6)56-54(58)47-44-41-38-35-32-29-26-23-20-17-14-11-8-2/h11,14,17,19-20,22-23,25-27,43,46,52-53H,7-10,12-13,15-16,18,21,24,28-42,44-45,47-51H2,1-6H3,(H-,56,58,60,61)/b14-11+,20-17+,22-19+,26-23-,27-25+,46-43+. The Labute approximate surface area is 400 Å². The van der Waals surface area contributed by atoms with Gasteiger partial charge in [0.05, 0.1) is 33.8 Å². The van der Waals surface area contributed by atoms with E-state index in [0.717, 1.165) is 103 Å². The lowest BCUT2D eigenvalue weighted by Crippen LogP contribution is -2.47. The Bertz CT molecular complexity index is 1350. The van der Waals surface area contributed by atoms with Crippen molar-refractivity contribution in [3.05, 3.63) is 72.9 Å². The largest absolute Gasteiger partial charge is 0.756 e. The molecule has 3 atom stereocenters. The molecule has 10 heteroatoms. The molecule has 0 aliphatic heterocycles. The van der Waals surface area contributed by atoms with Crippen LogP contribution in [0.5, 0.6) is 0 Å². The molecule has 0 fully saturated rings. The number of nitrogens with one attached hydrogen (secondary N) is 1. The number of phosphoric ester groups is 1. The molecule has 0 saturated heterocycles. The van der Waals surface area contributed by atoms with Crippen molar-refractivity contribution in [3.8, 4) is 0 Å². The number of allylic oxidation sites excluding steroid dienone is 11. The summed E-state index contributed by atoms with van der Waals surface area (Å²) < 4.78 is 30.1. The van der Waals surface area contributed by atoms with Crippen LogP contribution in [0.25, 0.3) is 0 Å². The number of nitrogens with zero attached hydrogens (tertiary/aromatic N) is 1. The van der Waals surface area contributed by atoms with E-state index in [1.54, 1.807) is 0 Å². The number of esters is 1. The van der Waals surface area contributed by atoms with Crippen LogP contribution in [-0.4, -0.2) is 69.4 Å². The molecule has 0 spiro atoms. The van der Waals surface area contributed by atoms with Crippen LogP contribution >= 0.6 is 7.82 Å². The molecule has 0 aromatic heterocycles. The Morgan fingerprint density at radius 2 is 0.985 bits per heavy atom. The van der Waals surface area contributed by atoms with Crippen LogP contribution in [0.15, 0.2) is 72.9 Å². The number of likely N-dealkylation sites (N-methyl/N-ethyl adjacent to an activating group) is 1. The molecule has 0 radical (unpaired) electrons. The maximum absolute atomic E-state index is 13.4. The van der Waals surface area contributed by atoms with Crippen LogP contribution in [0.2, 0.25) is 0 Å². The van der Waals surface area contributed by atoms with Crippen molar-refractivity contribution in [3.63, 3.8) is 0 Å². The summed E-state index contributed by atoms with van der Waals surface area (Å²) in [6.45, 7) is 6.62. The number of amides is 1. The SMILES string of the molecule is CC/C=C/C=C/C=C\CCCCCCCC(=O)NC(COP(=O)([O-])OCC[N+](C)(C)C)C(/C=C/CCCCCCCCCCC)OC(=O)CCCCCCCC/C=C/C=C/CCCCC. The van der Waals surface area contributed by atoms with Crippen LogP contribution in [0, 0.1) is 0 Å². The van der Waals surface area contributed by atoms with Gasteiger partial charge in [0.2, 0.25) is 5.91 Å². The number of hydrogen-bond acceptors (Lipinski definition) is 7. The minimum atomic E-state index is -4.70. The Morgan fingerprint density at radius 3 is 1.51 bits per heavy atom. The molecule has 0 rings (SSSR count). The minimum Gasteiger partial charge on any atom is -0.756 e. The molecule has 0 saturated carbocycles. The van der Waals surface area contributed by atoms with Crippen LogP contribution in [0.3, 0.4) is 0 Å². The zero-order valence-corrected chi connectivity index (χ0v) is 43.6. The zero-order valence-electron chi connectivity index (χ0n) is 42.7. The average Bonchev–Trinajstić information content (AvgIpc) is 3.26. The molecule has 9 nitrogen and oxygen atoms in total. The Kier molecular flexibility index (Phi) is 43.5. The summed E-state index contributed by atoms with van der Waals surface area (Å²) in [7, 11) is 1.15. The van der Waals surface area contributed by atoms with Gasteiger partial charge in [0.15, 0.2) is 0 Å². The van der Waals surface area contributed by atoms with E-state index in [1.807, 2.05) is 39.4 Å². The number of phosphoric acid groups is 1. The van der Waals surface area contributed by atoms with Crippen LogP contribution < -0.4 is 10.2 Å². The van der Waals surface area contributed by atoms with E-state index < -0.39 is 26.6 Å². The smallest absolute Gasteiger partial charge is 0.306 e. The molecule has 376 valence electrons. The van der Waals surface area contributed by atoms with Gasteiger partial charge in [0, 0.05) is 12.8 Å². The normalized spacial score (nSPS) is 14.5. The first-order valence-corrected chi connectivity index (χ1v) is 27.8. The Morgan fingerprint density at radius 1 is 0.554 bits per heavy atom. The van der Waals surface area contributed by atoms with Crippen molar-refractivity contribution in [2.75, 3.05) is 40.9 Å². The molecule has 0 heterocycles. The topological polar surface area (TPSA) is 114 Å². The van der Waals surface area contributed by atoms with Gasteiger partial charge >= 0.3 is 5.97 Å². The molecular weight excluding hydrogens is 832 g/mol. The lowest BCUT2D eigenvalue weighted by molar-refractivity contribution is -0.870. The third-order valence-electron chi connectivity index (χ3n) is 11.2. The fourth-order valence-corrected chi connectivity index (χ4v) is 7.82. The summed E-state index contributed by atoms with van der Waals surface area (Å²) in [5, 5.41) is 2.99. The highest BCUT2D eigenvalue weighted by Gasteiger charge is 2.27. The molecule has 0 aliphatic carbocycles. The number of carbonyl (C=O) groups is 2. The van der Waals surface area contributed by atoms with Gasteiger partial charge in [-0.2, -0.15) is 0 Å². The average molecular weight is 931 g/mol.